The van der Waals surface area contributed by atoms with Crippen LogP contribution in [-0.2, 0) is 9.47 Å². The quantitative estimate of drug-likeness (QED) is 0.851. The summed E-state index contributed by atoms with van der Waals surface area (Å²) in [6.07, 6.45) is 0. The predicted octanol–water partition coefficient (Wildman–Crippen LogP) is 2.07. The average Bonchev–Trinajstić information content (AvgIpc) is 2.72. The number of nitrogens with one attached hydrogen (secondary N) is 1. The maximum atomic E-state index is 9.85. The Morgan fingerprint density at radius 2 is 1.77 bits per heavy atom. The van der Waals surface area contributed by atoms with E-state index in [0.29, 0.717) is 5.56 Å². The summed E-state index contributed by atoms with van der Waals surface area (Å²) >= 11 is 0. The van der Waals surface area contributed by atoms with Gasteiger partial charge in [-0.05, 0) is 5.56 Å². The number of hydrogen-bond acceptors (Lipinski definition) is 6. The molecule has 0 amide bonds. The monoisotopic (exact) mass is 292 g/mol. The summed E-state index contributed by atoms with van der Waals surface area (Å²) in [5, 5.41) is 37.2. The minimum atomic E-state index is -1.78. The van der Waals surface area contributed by atoms with Gasteiger partial charge in [0.05, 0.1) is 30.7 Å². The van der Waals surface area contributed by atoms with Gasteiger partial charge in [0.15, 0.2) is 10.8 Å². The molecular weight excluding hydrogens is 280 g/mol. The zero-order valence-electron chi connectivity index (χ0n) is 11.8. The van der Waals surface area contributed by atoms with Crippen LogP contribution in [0.1, 0.15) is 18.4 Å². The Hall–Kier alpha value is -2.88. The molecular formula is C16H12N4O2. The highest BCUT2D eigenvalue weighted by Gasteiger charge is 2.76. The fourth-order valence-electron chi connectivity index (χ4n) is 3.46. The van der Waals surface area contributed by atoms with Crippen molar-refractivity contribution < 1.29 is 9.47 Å². The molecule has 2 heterocycles. The first kappa shape index (κ1) is 14.1. The Labute approximate surface area is 127 Å². The lowest BCUT2D eigenvalue weighted by Gasteiger charge is -2.44. The van der Waals surface area contributed by atoms with E-state index in [9.17, 15) is 15.8 Å². The van der Waals surface area contributed by atoms with Gasteiger partial charge in [-0.25, -0.2) is 0 Å². The van der Waals surface area contributed by atoms with Gasteiger partial charge in [-0.2, -0.15) is 15.8 Å². The van der Waals surface area contributed by atoms with Gasteiger partial charge in [0.2, 0.25) is 11.7 Å². The molecule has 6 nitrogen and oxygen atoms in total. The fraction of sp³-hybridized carbons (Fsp3) is 0.375. The van der Waals surface area contributed by atoms with Crippen LogP contribution in [0.25, 0.3) is 0 Å². The largest absolute Gasteiger partial charge is 0.447 e. The summed E-state index contributed by atoms with van der Waals surface area (Å²) < 4.78 is 11.2. The van der Waals surface area contributed by atoms with Gasteiger partial charge in [0.25, 0.3) is 0 Å². The lowest BCUT2D eigenvalue weighted by Crippen LogP contribution is -2.56. The molecule has 0 spiro atoms. The maximum Gasteiger partial charge on any atom is 0.218 e. The summed E-state index contributed by atoms with van der Waals surface area (Å²) in [7, 11) is 0. The van der Waals surface area contributed by atoms with Gasteiger partial charge in [0.1, 0.15) is 0 Å². The SMILES string of the molecule is C[C@@]12OCC(C#N)(C#N)[C@@](C#N)(C(=N)O1)[C@@H]2c1ccccc1. The van der Waals surface area contributed by atoms with Crippen LogP contribution in [0.15, 0.2) is 30.3 Å². The average molecular weight is 292 g/mol. The second-order valence-corrected chi connectivity index (χ2v) is 5.63. The van der Waals surface area contributed by atoms with Crippen LogP contribution in [0, 0.1) is 50.2 Å². The number of ether oxygens (including phenoxy) is 2. The van der Waals surface area contributed by atoms with E-state index in [0.717, 1.165) is 0 Å². The third kappa shape index (κ3) is 1.36. The van der Waals surface area contributed by atoms with Crippen molar-refractivity contribution in [3.05, 3.63) is 35.9 Å². The zero-order valence-corrected chi connectivity index (χ0v) is 11.8. The van der Waals surface area contributed by atoms with Crippen LogP contribution in [-0.4, -0.2) is 18.3 Å². The smallest absolute Gasteiger partial charge is 0.218 e. The normalized spacial score (nSPS) is 34.8. The van der Waals surface area contributed by atoms with E-state index in [1.54, 1.807) is 31.2 Å². The first-order chi connectivity index (χ1) is 10.5. The molecule has 0 aliphatic carbocycles. The summed E-state index contributed by atoms with van der Waals surface area (Å²) in [4.78, 5) is 0. The van der Waals surface area contributed by atoms with Crippen molar-refractivity contribution in [3.63, 3.8) is 0 Å². The van der Waals surface area contributed by atoms with Crippen LogP contribution in [0.2, 0.25) is 0 Å². The molecule has 22 heavy (non-hydrogen) atoms. The van der Waals surface area contributed by atoms with Gasteiger partial charge < -0.3 is 9.47 Å². The van der Waals surface area contributed by atoms with Gasteiger partial charge in [-0.1, -0.05) is 30.3 Å². The van der Waals surface area contributed by atoms with Crippen LogP contribution >= 0.6 is 0 Å². The number of nitrogens with zero attached hydrogens (tertiary/aromatic N) is 3. The number of rotatable bonds is 1. The number of fused-ring (bicyclic) bond motifs is 2. The van der Waals surface area contributed by atoms with Crippen LogP contribution in [0.3, 0.4) is 0 Å². The Morgan fingerprint density at radius 3 is 2.32 bits per heavy atom. The van der Waals surface area contributed by atoms with Gasteiger partial charge in [0, 0.05) is 6.92 Å². The molecule has 3 atom stereocenters. The molecule has 1 N–H and O–H groups in total. The molecule has 6 heteroatoms. The predicted molar refractivity (Wildman–Crippen MR) is 74.1 cm³/mol. The van der Waals surface area contributed by atoms with Crippen molar-refractivity contribution in [2.75, 3.05) is 6.61 Å². The molecule has 0 unspecified atom stereocenters. The Bertz CT molecular complexity index is 756. The molecule has 2 bridgehead atoms. The van der Waals surface area contributed by atoms with Crippen molar-refractivity contribution in [1.82, 2.24) is 0 Å². The minimum Gasteiger partial charge on any atom is -0.447 e. The molecule has 0 aromatic heterocycles. The number of benzene rings is 1. The third-order valence-corrected chi connectivity index (χ3v) is 4.56. The Balaban J connectivity index is 2.34. The molecule has 1 aromatic carbocycles. The molecule has 2 aliphatic rings. The van der Waals surface area contributed by atoms with Gasteiger partial charge in [-0.15, -0.1) is 0 Å². The van der Waals surface area contributed by atoms with Crippen molar-refractivity contribution >= 4 is 5.90 Å². The summed E-state index contributed by atoms with van der Waals surface area (Å²) in [6, 6.07) is 14.8. The van der Waals surface area contributed by atoms with Crippen molar-refractivity contribution in [2.45, 2.75) is 18.6 Å². The first-order valence-corrected chi connectivity index (χ1v) is 6.70. The van der Waals surface area contributed by atoms with Crippen molar-refractivity contribution in [1.29, 1.82) is 21.2 Å². The van der Waals surface area contributed by atoms with E-state index in [4.69, 9.17) is 14.9 Å². The van der Waals surface area contributed by atoms with E-state index < -0.39 is 22.5 Å². The molecule has 108 valence electrons. The Kier molecular flexibility index (Phi) is 2.75. The van der Waals surface area contributed by atoms with Crippen molar-refractivity contribution in [3.8, 4) is 18.2 Å². The molecule has 0 saturated carbocycles. The second kappa shape index (κ2) is 4.31. The number of hydrogen-bond donors (Lipinski definition) is 1. The van der Waals surface area contributed by atoms with Crippen molar-refractivity contribution in [2.24, 2.45) is 10.8 Å². The molecule has 2 saturated heterocycles. The minimum absolute atomic E-state index is 0.268. The summed E-state index contributed by atoms with van der Waals surface area (Å²) in [6.45, 7) is 1.37. The molecule has 2 fully saturated rings. The number of nitriles is 3. The maximum absolute atomic E-state index is 9.85. The molecule has 0 radical (unpaired) electrons. The topological polar surface area (TPSA) is 114 Å². The standard InChI is InChI=1S/C16H12N4O2/c1-14-12(11-5-3-2-4-6-11)16(9-19,13(20)22-14)15(7-17,8-18)10-21-14/h2-6,12,20H,10H2,1H3/t12-,14-,16-/m1/s1. The molecule has 2 aliphatic heterocycles. The summed E-state index contributed by atoms with van der Waals surface area (Å²) in [5.74, 6) is -2.36. The lowest BCUT2D eigenvalue weighted by molar-refractivity contribution is -0.213. The van der Waals surface area contributed by atoms with Crippen LogP contribution in [0.4, 0.5) is 0 Å². The van der Waals surface area contributed by atoms with E-state index in [1.165, 1.54) is 0 Å². The first-order valence-electron chi connectivity index (χ1n) is 6.70. The van der Waals surface area contributed by atoms with Crippen LogP contribution < -0.4 is 0 Å². The fourth-order valence-corrected chi connectivity index (χ4v) is 3.46. The van der Waals surface area contributed by atoms with E-state index in [1.807, 2.05) is 18.2 Å². The van der Waals surface area contributed by atoms with E-state index >= 15 is 0 Å². The second-order valence-electron chi connectivity index (χ2n) is 5.63. The molecule has 3 rings (SSSR count). The van der Waals surface area contributed by atoms with Gasteiger partial charge >= 0.3 is 0 Å². The molecule has 1 aromatic rings. The third-order valence-electron chi connectivity index (χ3n) is 4.56. The zero-order chi connectivity index (χ0) is 16.0. The Morgan fingerprint density at radius 1 is 1.14 bits per heavy atom. The highest BCUT2D eigenvalue weighted by Crippen LogP contribution is 2.63. The van der Waals surface area contributed by atoms with Crippen LogP contribution in [0.5, 0.6) is 0 Å². The highest BCUT2D eigenvalue weighted by atomic mass is 16.7. The van der Waals surface area contributed by atoms with Gasteiger partial charge in [-0.3, -0.25) is 5.41 Å². The lowest BCUT2D eigenvalue weighted by atomic mass is 9.55. The van der Waals surface area contributed by atoms with E-state index in [2.05, 4.69) is 6.07 Å². The highest BCUT2D eigenvalue weighted by molar-refractivity contribution is 5.90. The summed E-state index contributed by atoms with van der Waals surface area (Å²) in [5.41, 5.74) is -2.77. The van der Waals surface area contributed by atoms with E-state index in [-0.39, 0.29) is 12.5 Å².